The van der Waals surface area contributed by atoms with E-state index in [0.29, 0.717) is 5.75 Å². The van der Waals surface area contributed by atoms with Gasteiger partial charge < -0.3 is 19.9 Å². The number of hydrogen-bond donors (Lipinski definition) is 2. The Bertz CT molecular complexity index is 737. The summed E-state index contributed by atoms with van der Waals surface area (Å²) in [6, 6.07) is 5.81. The highest BCUT2D eigenvalue weighted by Gasteiger charge is 2.21. The van der Waals surface area contributed by atoms with Gasteiger partial charge in [0.15, 0.2) is 11.7 Å². The molecular weight excluding hydrogens is 312 g/mol. The minimum atomic E-state index is -0.117. The lowest BCUT2D eigenvalue weighted by Crippen LogP contribution is -3.12. The fourth-order valence-corrected chi connectivity index (χ4v) is 3.75. The van der Waals surface area contributed by atoms with Gasteiger partial charge in [0.1, 0.15) is 5.75 Å². The predicted molar refractivity (Wildman–Crippen MR) is 90.5 cm³/mol. The average molecular weight is 331 g/mol. The van der Waals surface area contributed by atoms with Crippen molar-refractivity contribution in [2.24, 2.45) is 0 Å². The maximum absolute atomic E-state index is 11.5. The van der Waals surface area contributed by atoms with Gasteiger partial charge in [-0.3, -0.25) is 4.79 Å². The third kappa shape index (κ3) is 2.89. The summed E-state index contributed by atoms with van der Waals surface area (Å²) in [5, 5.41) is 6.00. The fourth-order valence-electron chi connectivity index (χ4n) is 2.86. The molecule has 2 aromatic rings. The van der Waals surface area contributed by atoms with Crippen LogP contribution in [0.5, 0.6) is 5.75 Å². The van der Waals surface area contributed by atoms with Gasteiger partial charge >= 0.3 is 0 Å². The SMILES string of the molecule is C[NH+]1CCN(c2nc(-c3ccc4c(c3)NC(=O)CO4)cs2)CC1. The Balaban J connectivity index is 1.57. The second kappa shape index (κ2) is 5.82. The standard InChI is InChI=1S/C16H18N4O2S/c1-19-4-6-20(7-5-19)16-18-13(10-23-16)11-2-3-14-12(8-11)17-15(21)9-22-14/h2-3,8,10H,4-7,9H2,1H3,(H,17,21)/p+1. The predicted octanol–water partition coefficient (Wildman–Crippen LogP) is 0.476. The van der Waals surface area contributed by atoms with Gasteiger partial charge in [0.05, 0.1) is 44.6 Å². The van der Waals surface area contributed by atoms with Crippen molar-refractivity contribution in [3.63, 3.8) is 0 Å². The molecule has 0 atom stereocenters. The second-order valence-electron chi connectivity index (χ2n) is 6.01. The van der Waals surface area contributed by atoms with Gasteiger partial charge in [0, 0.05) is 10.9 Å². The minimum Gasteiger partial charge on any atom is -0.482 e. The first kappa shape index (κ1) is 14.5. The normalized spacial score (nSPS) is 18.3. The molecule has 1 aromatic carbocycles. The van der Waals surface area contributed by atoms with E-state index in [9.17, 15) is 4.79 Å². The first-order valence-corrected chi connectivity index (χ1v) is 8.66. The van der Waals surface area contributed by atoms with E-state index in [0.717, 1.165) is 48.3 Å². The summed E-state index contributed by atoms with van der Waals surface area (Å²) in [5.41, 5.74) is 2.66. The van der Waals surface area contributed by atoms with Gasteiger partial charge in [0.25, 0.3) is 5.91 Å². The number of thiazole rings is 1. The molecule has 0 aliphatic carbocycles. The number of nitrogens with one attached hydrogen (secondary N) is 2. The largest absolute Gasteiger partial charge is 0.482 e. The van der Waals surface area contributed by atoms with Gasteiger partial charge in [-0.2, -0.15) is 0 Å². The first-order valence-electron chi connectivity index (χ1n) is 7.78. The number of piperazine rings is 1. The molecule has 3 heterocycles. The number of ether oxygens (including phenoxy) is 1. The van der Waals surface area contributed by atoms with E-state index in [2.05, 4.69) is 22.6 Å². The number of likely N-dealkylation sites (N-methyl/N-ethyl adjacent to an activating group) is 1. The highest BCUT2D eigenvalue weighted by atomic mass is 32.1. The maximum atomic E-state index is 11.5. The Morgan fingerprint density at radius 1 is 1.35 bits per heavy atom. The van der Waals surface area contributed by atoms with Crippen LogP contribution in [0.4, 0.5) is 10.8 Å². The smallest absolute Gasteiger partial charge is 0.262 e. The van der Waals surface area contributed by atoms with Gasteiger partial charge in [-0.1, -0.05) is 0 Å². The highest BCUT2D eigenvalue weighted by Crippen LogP contribution is 2.34. The molecule has 2 aliphatic heterocycles. The topological polar surface area (TPSA) is 58.9 Å². The summed E-state index contributed by atoms with van der Waals surface area (Å²) >= 11 is 1.68. The lowest BCUT2D eigenvalue weighted by atomic mass is 10.1. The Kier molecular flexibility index (Phi) is 3.66. The van der Waals surface area contributed by atoms with Crippen LogP contribution in [0.25, 0.3) is 11.3 Å². The molecule has 0 saturated carbocycles. The Morgan fingerprint density at radius 3 is 3.00 bits per heavy atom. The van der Waals surface area contributed by atoms with Crippen molar-refractivity contribution in [3.05, 3.63) is 23.6 Å². The molecule has 23 heavy (non-hydrogen) atoms. The first-order chi connectivity index (χ1) is 11.2. The lowest BCUT2D eigenvalue weighted by molar-refractivity contribution is -0.880. The molecule has 120 valence electrons. The number of carbonyl (C=O) groups is 1. The summed E-state index contributed by atoms with van der Waals surface area (Å²) in [7, 11) is 2.23. The van der Waals surface area contributed by atoms with E-state index in [1.165, 1.54) is 0 Å². The minimum absolute atomic E-state index is 0.0819. The number of hydrogen-bond acceptors (Lipinski definition) is 5. The van der Waals surface area contributed by atoms with E-state index >= 15 is 0 Å². The third-order valence-corrected chi connectivity index (χ3v) is 5.19. The van der Waals surface area contributed by atoms with Crippen LogP contribution in [0.15, 0.2) is 23.6 Å². The Morgan fingerprint density at radius 2 is 2.17 bits per heavy atom. The molecule has 1 amide bonds. The highest BCUT2D eigenvalue weighted by molar-refractivity contribution is 7.14. The van der Waals surface area contributed by atoms with Crippen molar-refractivity contribution in [2.75, 3.05) is 50.1 Å². The number of quaternary nitrogens is 1. The molecule has 2 aliphatic rings. The van der Waals surface area contributed by atoms with Crippen LogP contribution in [0.2, 0.25) is 0 Å². The van der Waals surface area contributed by atoms with E-state index < -0.39 is 0 Å². The molecule has 0 bridgehead atoms. The Labute approximate surface area is 138 Å². The summed E-state index contributed by atoms with van der Waals surface area (Å²) in [5.74, 6) is 0.597. The van der Waals surface area contributed by atoms with E-state index in [4.69, 9.17) is 9.72 Å². The van der Waals surface area contributed by atoms with Gasteiger partial charge in [-0.05, 0) is 18.2 Å². The third-order valence-electron chi connectivity index (χ3n) is 4.29. The van der Waals surface area contributed by atoms with Crippen LogP contribution in [0, 0.1) is 0 Å². The van der Waals surface area contributed by atoms with E-state index in [1.807, 2.05) is 18.2 Å². The number of rotatable bonds is 2. The van der Waals surface area contributed by atoms with Crippen LogP contribution >= 0.6 is 11.3 Å². The van der Waals surface area contributed by atoms with E-state index in [1.54, 1.807) is 16.2 Å². The van der Waals surface area contributed by atoms with Crippen molar-refractivity contribution < 1.29 is 14.4 Å². The molecule has 7 heteroatoms. The van der Waals surface area contributed by atoms with Crippen LogP contribution < -0.4 is 19.9 Å². The molecule has 1 aromatic heterocycles. The molecular formula is C16H19N4O2S+. The molecule has 4 rings (SSSR count). The molecule has 0 spiro atoms. The number of fused-ring (bicyclic) bond motifs is 1. The zero-order valence-electron chi connectivity index (χ0n) is 13.0. The van der Waals surface area contributed by atoms with Gasteiger partial charge in [0.2, 0.25) is 0 Å². The van der Waals surface area contributed by atoms with Crippen LogP contribution in [0.3, 0.4) is 0 Å². The summed E-state index contributed by atoms with van der Waals surface area (Å²) in [6.45, 7) is 4.48. The maximum Gasteiger partial charge on any atom is 0.262 e. The summed E-state index contributed by atoms with van der Waals surface area (Å²) in [4.78, 5) is 20.2. The lowest BCUT2D eigenvalue weighted by Gasteiger charge is -2.29. The van der Waals surface area contributed by atoms with E-state index in [-0.39, 0.29) is 12.5 Å². The number of aromatic nitrogens is 1. The summed E-state index contributed by atoms with van der Waals surface area (Å²) < 4.78 is 5.40. The number of amides is 1. The molecule has 0 radical (unpaired) electrons. The number of benzene rings is 1. The summed E-state index contributed by atoms with van der Waals surface area (Å²) in [6.07, 6.45) is 0. The van der Waals surface area contributed by atoms with Gasteiger partial charge in [-0.15, -0.1) is 11.3 Å². The fraction of sp³-hybridized carbons (Fsp3) is 0.375. The molecule has 1 saturated heterocycles. The van der Waals surface area contributed by atoms with Crippen molar-refractivity contribution in [2.45, 2.75) is 0 Å². The van der Waals surface area contributed by atoms with Crippen molar-refractivity contribution in [3.8, 4) is 17.0 Å². The zero-order valence-corrected chi connectivity index (χ0v) is 13.8. The molecule has 2 N–H and O–H groups in total. The van der Waals surface area contributed by atoms with Gasteiger partial charge in [-0.25, -0.2) is 4.98 Å². The molecule has 0 unspecified atom stereocenters. The molecule has 1 fully saturated rings. The van der Waals surface area contributed by atoms with Crippen LogP contribution in [0.1, 0.15) is 0 Å². The number of carbonyl (C=O) groups excluding carboxylic acids is 1. The average Bonchev–Trinajstić information content (AvgIpc) is 3.05. The molecule has 6 nitrogen and oxygen atoms in total. The number of nitrogens with zero attached hydrogens (tertiary/aromatic N) is 2. The van der Waals surface area contributed by atoms with Crippen molar-refractivity contribution >= 4 is 28.1 Å². The van der Waals surface area contributed by atoms with Crippen LogP contribution in [-0.4, -0.2) is 50.7 Å². The number of anilines is 2. The van der Waals surface area contributed by atoms with Crippen molar-refractivity contribution in [1.29, 1.82) is 0 Å². The quantitative estimate of drug-likeness (QED) is 0.840. The van der Waals surface area contributed by atoms with Crippen LogP contribution in [-0.2, 0) is 4.79 Å². The Hall–Kier alpha value is -2.12. The zero-order chi connectivity index (χ0) is 15.8. The second-order valence-corrected chi connectivity index (χ2v) is 6.84. The van der Waals surface area contributed by atoms with Crippen molar-refractivity contribution in [1.82, 2.24) is 4.98 Å². The monoisotopic (exact) mass is 331 g/mol.